The highest BCUT2D eigenvalue weighted by molar-refractivity contribution is 6.31. The van der Waals surface area contributed by atoms with E-state index in [9.17, 15) is 9.59 Å². The molecule has 2 heterocycles. The zero-order chi connectivity index (χ0) is 18.3. The maximum Gasteiger partial charge on any atom is 0.354 e. The lowest BCUT2D eigenvalue weighted by Crippen LogP contribution is -2.35. The Morgan fingerprint density at radius 2 is 1.96 bits per heavy atom. The van der Waals surface area contributed by atoms with Gasteiger partial charge >= 0.3 is 11.7 Å². The van der Waals surface area contributed by atoms with Gasteiger partial charge in [-0.1, -0.05) is 35.9 Å². The van der Waals surface area contributed by atoms with Gasteiger partial charge in [0.2, 0.25) is 0 Å². The molecule has 0 fully saturated rings. The van der Waals surface area contributed by atoms with Crippen LogP contribution in [0.3, 0.4) is 0 Å². The minimum Gasteiger partial charge on any atom is -0.497 e. The average Bonchev–Trinajstić information content (AvgIpc) is 3.14. The lowest BCUT2D eigenvalue weighted by Gasteiger charge is -2.15. The summed E-state index contributed by atoms with van der Waals surface area (Å²) in [5, 5.41) is 4.86. The number of amides is 1. The zero-order valence-corrected chi connectivity index (χ0v) is 14.7. The SMILES string of the molecule is COc1cccc(N2Cc3nn(Cc4ccccc4Cl)c(=O)n3C2=O)c1. The Bertz CT molecular complexity index is 1060. The summed E-state index contributed by atoms with van der Waals surface area (Å²) in [6.07, 6.45) is 0. The van der Waals surface area contributed by atoms with Gasteiger partial charge < -0.3 is 4.74 Å². The van der Waals surface area contributed by atoms with E-state index in [0.717, 1.165) is 10.1 Å². The summed E-state index contributed by atoms with van der Waals surface area (Å²) in [4.78, 5) is 26.8. The van der Waals surface area contributed by atoms with E-state index in [4.69, 9.17) is 16.3 Å². The van der Waals surface area contributed by atoms with Crippen LogP contribution in [0.25, 0.3) is 0 Å². The van der Waals surface area contributed by atoms with Gasteiger partial charge in [0.1, 0.15) is 5.75 Å². The van der Waals surface area contributed by atoms with Crippen molar-refractivity contribution in [3.8, 4) is 5.75 Å². The molecule has 3 aromatic rings. The summed E-state index contributed by atoms with van der Waals surface area (Å²) >= 11 is 6.14. The number of methoxy groups -OCH3 is 1. The van der Waals surface area contributed by atoms with Gasteiger partial charge in [-0.15, -0.1) is 0 Å². The quantitative estimate of drug-likeness (QED) is 0.708. The number of benzene rings is 2. The van der Waals surface area contributed by atoms with Crippen molar-refractivity contribution >= 4 is 23.3 Å². The van der Waals surface area contributed by atoms with Crippen LogP contribution in [0.15, 0.2) is 53.3 Å². The van der Waals surface area contributed by atoms with Gasteiger partial charge in [0.05, 0.1) is 20.2 Å². The van der Waals surface area contributed by atoms with Gasteiger partial charge in [0, 0.05) is 16.8 Å². The minimum absolute atomic E-state index is 0.213. The standard InChI is InChI=1S/C18H15ClN4O3/c1-26-14-7-4-6-13(9-14)21-11-16-20-22(18(25)23(16)17(21)24)10-12-5-2-3-8-15(12)19/h2-9H,10-11H2,1H3. The third-order valence-electron chi connectivity index (χ3n) is 4.27. The van der Waals surface area contributed by atoms with Gasteiger partial charge in [0.25, 0.3) is 0 Å². The van der Waals surface area contributed by atoms with Crippen LogP contribution < -0.4 is 15.3 Å². The van der Waals surface area contributed by atoms with Crippen molar-refractivity contribution in [2.24, 2.45) is 0 Å². The molecule has 1 aliphatic heterocycles. The van der Waals surface area contributed by atoms with E-state index in [-0.39, 0.29) is 13.1 Å². The fourth-order valence-electron chi connectivity index (χ4n) is 2.95. The minimum atomic E-state index is -0.477. The van der Waals surface area contributed by atoms with Crippen LogP contribution in [0.2, 0.25) is 5.02 Å². The van der Waals surface area contributed by atoms with Crippen LogP contribution in [0.5, 0.6) is 5.75 Å². The van der Waals surface area contributed by atoms with Crippen molar-refractivity contribution in [1.82, 2.24) is 14.3 Å². The number of fused-ring (bicyclic) bond motifs is 1. The van der Waals surface area contributed by atoms with Crippen LogP contribution in [0.4, 0.5) is 10.5 Å². The molecule has 2 aromatic carbocycles. The Morgan fingerprint density at radius 3 is 2.69 bits per heavy atom. The number of anilines is 1. The predicted molar refractivity (Wildman–Crippen MR) is 97.0 cm³/mol. The Hall–Kier alpha value is -3.06. The second-order valence-electron chi connectivity index (χ2n) is 5.85. The smallest absolute Gasteiger partial charge is 0.354 e. The second-order valence-corrected chi connectivity index (χ2v) is 6.26. The maximum absolute atomic E-state index is 12.7. The molecule has 0 saturated carbocycles. The number of carbonyl (C=O) groups excluding carboxylic acids is 1. The molecular formula is C18H15ClN4O3. The molecule has 7 nitrogen and oxygen atoms in total. The highest BCUT2D eigenvalue weighted by Crippen LogP contribution is 2.26. The highest BCUT2D eigenvalue weighted by Gasteiger charge is 2.33. The molecule has 0 atom stereocenters. The second kappa shape index (κ2) is 6.34. The molecule has 1 aromatic heterocycles. The summed E-state index contributed by atoms with van der Waals surface area (Å²) in [5.74, 6) is 1.03. The van der Waals surface area contributed by atoms with Crippen molar-refractivity contribution < 1.29 is 9.53 Å². The summed E-state index contributed by atoms with van der Waals surface area (Å²) < 4.78 is 7.54. The normalized spacial score (nSPS) is 13.2. The van der Waals surface area contributed by atoms with Gasteiger partial charge in [-0.2, -0.15) is 9.67 Å². The van der Waals surface area contributed by atoms with E-state index in [0.29, 0.717) is 22.3 Å². The van der Waals surface area contributed by atoms with E-state index >= 15 is 0 Å². The maximum atomic E-state index is 12.7. The van der Waals surface area contributed by atoms with Crippen molar-refractivity contribution in [3.05, 3.63) is 75.4 Å². The van der Waals surface area contributed by atoms with Gasteiger partial charge in [-0.3, -0.25) is 4.90 Å². The first-order valence-electron chi connectivity index (χ1n) is 7.96. The molecule has 0 bridgehead atoms. The summed E-state index contributed by atoms with van der Waals surface area (Å²) in [6, 6.07) is 13.9. The largest absolute Gasteiger partial charge is 0.497 e. The third kappa shape index (κ3) is 2.66. The molecule has 0 radical (unpaired) electrons. The number of halogens is 1. The molecule has 26 heavy (non-hydrogen) atoms. The molecule has 8 heteroatoms. The molecule has 1 amide bonds. The first-order valence-corrected chi connectivity index (χ1v) is 8.34. The van der Waals surface area contributed by atoms with Crippen LogP contribution >= 0.6 is 11.6 Å². The number of carbonyl (C=O) groups is 1. The van der Waals surface area contributed by atoms with E-state index in [1.165, 1.54) is 9.58 Å². The number of hydrogen-bond acceptors (Lipinski definition) is 4. The molecule has 0 unspecified atom stereocenters. The first-order chi connectivity index (χ1) is 12.6. The zero-order valence-electron chi connectivity index (χ0n) is 13.9. The van der Waals surface area contributed by atoms with Crippen molar-refractivity contribution in [1.29, 1.82) is 0 Å². The lowest BCUT2D eigenvalue weighted by atomic mass is 10.2. The monoisotopic (exact) mass is 370 g/mol. The fourth-order valence-corrected chi connectivity index (χ4v) is 3.14. The molecule has 0 spiro atoms. The average molecular weight is 371 g/mol. The van der Waals surface area contributed by atoms with Gasteiger partial charge in [-0.25, -0.2) is 14.3 Å². The highest BCUT2D eigenvalue weighted by atomic mass is 35.5. The Morgan fingerprint density at radius 1 is 1.15 bits per heavy atom. The molecule has 0 saturated heterocycles. The molecule has 4 rings (SSSR count). The summed E-state index contributed by atoms with van der Waals surface area (Å²) in [5.41, 5.74) is 0.942. The number of nitrogens with zero attached hydrogens (tertiary/aromatic N) is 4. The molecule has 1 aliphatic rings. The Labute approximate surface area is 154 Å². The van der Waals surface area contributed by atoms with E-state index < -0.39 is 11.7 Å². The predicted octanol–water partition coefficient (Wildman–Crippen LogP) is 2.74. The Kier molecular flexibility index (Phi) is 4.00. The molecule has 132 valence electrons. The van der Waals surface area contributed by atoms with E-state index in [1.807, 2.05) is 18.2 Å². The number of rotatable bonds is 4. The number of aromatic nitrogens is 3. The summed E-state index contributed by atoms with van der Waals surface area (Å²) in [6.45, 7) is 0.432. The van der Waals surface area contributed by atoms with Crippen molar-refractivity contribution in [3.63, 3.8) is 0 Å². The first kappa shape index (κ1) is 16.4. The topological polar surface area (TPSA) is 69.4 Å². The van der Waals surface area contributed by atoms with Crippen molar-refractivity contribution in [2.75, 3.05) is 12.0 Å². The fraction of sp³-hybridized carbons (Fsp3) is 0.167. The van der Waals surface area contributed by atoms with E-state index in [2.05, 4.69) is 5.10 Å². The number of ether oxygens (including phenoxy) is 1. The Balaban J connectivity index is 1.65. The summed E-state index contributed by atoms with van der Waals surface area (Å²) in [7, 11) is 1.56. The van der Waals surface area contributed by atoms with Gasteiger partial charge in [-0.05, 0) is 23.8 Å². The van der Waals surface area contributed by atoms with E-state index in [1.54, 1.807) is 37.4 Å². The van der Waals surface area contributed by atoms with Crippen LogP contribution in [0.1, 0.15) is 11.4 Å². The van der Waals surface area contributed by atoms with Gasteiger partial charge in [0.15, 0.2) is 5.82 Å². The lowest BCUT2D eigenvalue weighted by molar-refractivity contribution is 0.250. The molecule has 0 N–H and O–H groups in total. The molecule has 0 aliphatic carbocycles. The number of hydrogen-bond donors (Lipinski definition) is 0. The molecular weight excluding hydrogens is 356 g/mol. The third-order valence-corrected chi connectivity index (χ3v) is 4.64. The van der Waals surface area contributed by atoms with Crippen LogP contribution in [-0.2, 0) is 13.1 Å². The van der Waals surface area contributed by atoms with Crippen molar-refractivity contribution in [2.45, 2.75) is 13.1 Å². The van der Waals surface area contributed by atoms with Crippen LogP contribution in [0, 0.1) is 0 Å². The van der Waals surface area contributed by atoms with Crippen LogP contribution in [-0.4, -0.2) is 27.5 Å².